The fourth-order valence-corrected chi connectivity index (χ4v) is 7.52. The van der Waals surface area contributed by atoms with Crippen LogP contribution in [0.5, 0.6) is 0 Å². The predicted octanol–water partition coefficient (Wildman–Crippen LogP) is 6.79. The number of allylic oxidation sites excluding steroid dienone is 11. The van der Waals surface area contributed by atoms with E-state index in [0.717, 1.165) is 91.1 Å². The van der Waals surface area contributed by atoms with Crippen molar-refractivity contribution in [1.82, 2.24) is 5.32 Å². The second-order valence-corrected chi connectivity index (χ2v) is 14.0. The maximum Gasteiger partial charge on any atom is 0.305 e. The zero-order chi connectivity index (χ0) is 33.9. The summed E-state index contributed by atoms with van der Waals surface area (Å²) in [6.45, 7) is 16.1. The monoisotopic (exact) mass is 638 g/mol. The van der Waals surface area contributed by atoms with Gasteiger partial charge in [-0.15, -0.1) is 0 Å². The number of aliphatic imine (C=N–C) groups is 3. The van der Waals surface area contributed by atoms with E-state index in [0.29, 0.717) is 18.6 Å². The molecule has 6 rings (SSSR count). The molecule has 0 aromatic carbocycles. The van der Waals surface area contributed by atoms with Crippen LogP contribution >= 0.6 is 0 Å². The number of carbonyl (C=O) groups is 1. The molecule has 5 aliphatic heterocycles. The first-order valence-corrected chi connectivity index (χ1v) is 16.6. The van der Waals surface area contributed by atoms with Crippen LogP contribution in [-0.4, -0.2) is 58.7 Å². The number of nitrogens with zero attached hydrogens (tertiary/aromatic N) is 3. The third kappa shape index (κ3) is 5.74. The Bertz CT molecular complexity index is 1810. The zero-order valence-electron chi connectivity index (χ0n) is 29.0. The number of esters is 1. The third-order valence-corrected chi connectivity index (χ3v) is 9.97. The molecular formula is C38H46N4O5. The van der Waals surface area contributed by atoms with Gasteiger partial charge in [0.2, 0.25) is 0 Å². The Kier molecular flexibility index (Phi) is 8.51. The molecule has 6 aliphatic rings. The molecule has 3 atom stereocenters. The van der Waals surface area contributed by atoms with Crippen molar-refractivity contribution in [2.24, 2.45) is 26.8 Å². The van der Waals surface area contributed by atoms with E-state index in [1.54, 1.807) is 0 Å². The van der Waals surface area contributed by atoms with Gasteiger partial charge in [-0.2, -0.15) is 0 Å². The fourth-order valence-electron chi connectivity index (χ4n) is 7.52. The summed E-state index contributed by atoms with van der Waals surface area (Å²) in [5, 5.41) is 25.6. The number of methoxy groups -OCH3 is 1. The number of aliphatic hydroxyl groups is 2. The van der Waals surface area contributed by atoms with Crippen LogP contribution in [0.1, 0.15) is 81.1 Å². The lowest BCUT2D eigenvalue weighted by Crippen LogP contribution is -2.32. The van der Waals surface area contributed by atoms with Gasteiger partial charge in [-0.25, -0.2) is 15.0 Å². The number of rotatable bonds is 7. The molecule has 1 unspecified atom stereocenters. The molecule has 0 saturated carbocycles. The first kappa shape index (κ1) is 32.8. The van der Waals surface area contributed by atoms with Crippen LogP contribution in [0.15, 0.2) is 106 Å². The van der Waals surface area contributed by atoms with Gasteiger partial charge in [0, 0.05) is 52.8 Å². The summed E-state index contributed by atoms with van der Waals surface area (Å²) in [5.41, 5.74) is 12.8. The lowest BCUT2D eigenvalue weighted by atomic mass is 9.86. The van der Waals surface area contributed by atoms with Crippen LogP contribution in [0.25, 0.3) is 0 Å². The number of carbonyl (C=O) groups excluding carboxylic acids is 1. The zero-order valence-corrected chi connectivity index (χ0v) is 29.0. The van der Waals surface area contributed by atoms with Crippen LogP contribution < -0.4 is 5.32 Å². The molecule has 0 aromatic rings. The van der Waals surface area contributed by atoms with Crippen LogP contribution in [0.2, 0.25) is 0 Å². The van der Waals surface area contributed by atoms with E-state index >= 15 is 0 Å². The first-order chi connectivity index (χ1) is 22.3. The van der Waals surface area contributed by atoms with Gasteiger partial charge in [0.05, 0.1) is 53.5 Å². The molecule has 9 heteroatoms. The van der Waals surface area contributed by atoms with E-state index < -0.39 is 11.7 Å². The van der Waals surface area contributed by atoms with Crippen molar-refractivity contribution in [2.75, 3.05) is 13.7 Å². The van der Waals surface area contributed by atoms with E-state index in [4.69, 9.17) is 24.5 Å². The van der Waals surface area contributed by atoms with Crippen LogP contribution in [0.3, 0.4) is 0 Å². The average Bonchev–Trinajstić information content (AvgIpc) is 3.77. The molecule has 9 nitrogen and oxygen atoms in total. The average molecular weight is 639 g/mol. The summed E-state index contributed by atoms with van der Waals surface area (Å²) in [7, 11) is 1.41. The van der Waals surface area contributed by atoms with Crippen molar-refractivity contribution >= 4 is 23.1 Å². The molecule has 8 bridgehead atoms. The summed E-state index contributed by atoms with van der Waals surface area (Å²) in [6.07, 6.45) is 7.54. The van der Waals surface area contributed by atoms with Gasteiger partial charge in [-0.3, -0.25) is 4.79 Å². The summed E-state index contributed by atoms with van der Waals surface area (Å²) in [6, 6.07) is 0. The van der Waals surface area contributed by atoms with Crippen LogP contribution in [0.4, 0.5) is 0 Å². The van der Waals surface area contributed by atoms with Gasteiger partial charge < -0.3 is 25.0 Å². The highest BCUT2D eigenvalue weighted by molar-refractivity contribution is 6.21. The standard InChI is InChI=1S/C38H46N4O5/c1-10-22-18(2)25-16-30-34(32(17-43)47-38(6,7)8)20(4)27(40-30)14-26-19(3)23(11-12-33(45)46-9)36(41-26)24-13-31(44)35-21(5)28(42-37(24)35)15-29(22)39-25/h14-16,19,23,32,41,43-44H,10-13,17H2,1-9H3/t19-,23-,32?/m0/s1. The number of nitrogens with one attached hydrogen (secondary N) is 1. The van der Waals surface area contributed by atoms with Crippen molar-refractivity contribution in [2.45, 2.75) is 92.8 Å². The molecule has 1 aliphatic carbocycles. The Hall–Kier alpha value is -4.08. The minimum atomic E-state index is -0.584. The summed E-state index contributed by atoms with van der Waals surface area (Å²) in [4.78, 5) is 27.7. The second kappa shape index (κ2) is 12.2. The smallest absolute Gasteiger partial charge is 0.305 e. The van der Waals surface area contributed by atoms with Gasteiger partial charge >= 0.3 is 5.97 Å². The van der Waals surface area contributed by atoms with Gasteiger partial charge in [0.1, 0.15) is 11.9 Å². The van der Waals surface area contributed by atoms with E-state index in [-0.39, 0.29) is 30.8 Å². The van der Waals surface area contributed by atoms with Crippen molar-refractivity contribution in [3.63, 3.8) is 0 Å². The molecule has 5 heterocycles. The van der Waals surface area contributed by atoms with Crippen molar-refractivity contribution < 1.29 is 24.5 Å². The van der Waals surface area contributed by atoms with E-state index in [2.05, 4.69) is 32.2 Å². The molecule has 0 amide bonds. The van der Waals surface area contributed by atoms with Gasteiger partial charge in [0.15, 0.2) is 0 Å². The van der Waals surface area contributed by atoms with E-state index in [1.807, 2.05) is 46.8 Å². The van der Waals surface area contributed by atoms with Crippen LogP contribution in [0, 0.1) is 11.8 Å². The second-order valence-electron chi connectivity index (χ2n) is 14.0. The van der Waals surface area contributed by atoms with Crippen molar-refractivity contribution in [3.05, 3.63) is 91.5 Å². The number of ether oxygens (including phenoxy) is 2. The predicted molar refractivity (Wildman–Crippen MR) is 185 cm³/mol. The number of hydrogen-bond acceptors (Lipinski definition) is 9. The van der Waals surface area contributed by atoms with Crippen molar-refractivity contribution in [3.8, 4) is 0 Å². The SMILES string of the molecule is CCC1=C(C)C2=NC1=CC1=C(C)C3=C(O)CC(=C4NC(=CC5=NC(=C2)C(C(CO)OC(C)(C)C)=C5C)[C@@H](C)[C@@H]4CCC(=O)OC)C3=N1. The highest BCUT2D eigenvalue weighted by atomic mass is 16.5. The topological polar surface area (TPSA) is 125 Å². The number of hydrogen-bond donors (Lipinski definition) is 3. The molecule has 0 radical (unpaired) electrons. The molecule has 0 aromatic heterocycles. The van der Waals surface area contributed by atoms with Gasteiger partial charge in [0.25, 0.3) is 0 Å². The van der Waals surface area contributed by atoms with Crippen LogP contribution in [-0.2, 0) is 14.3 Å². The highest BCUT2D eigenvalue weighted by Crippen LogP contribution is 2.46. The Balaban J connectivity index is 1.59. The Morgan fingerprint density at radius 2 is 1.74 bits per heavy atom. The Labute approximate surface area is 277 Å². The Morgan fingerprint density at radius 1 is 1.04 bits per heavy atom. The number of fused-ring (bicyclic) bond motifs is 5. The van der Waals surface area contributed by atoms with E-state index in [1.165, 1.54) is 7.11 Å². The maximum absolute atomic E-state index is 12.3. The molecule has 47 heavy (non-hydrogen) atoms. The Morgan fingerprint density at radius 3 is 2.40 bits per heavy atom. The molecule has 0 spiro atoms. The van der Waals surface area contributed by atoms with Gasteiger partial charge in [-0.1, -0.05) is 13.8 Å². The quantitative estimate of drug-likeness (QED) is 0.264. The third-order valence-electron chi connectivity index (χ3n) is 9.97. The molecule has 1 saturated heterocycles. The maximum atomic E-state index is 12.3. The summed E-state index contributed by atoms with van der Waals surface area (Å²) >= 11 is 0. The minimum absolute atomic E-state index is 0.0193. The molecule has 3 N–H and O–H groups in total. The lowest BCUT2D eigenvalue weighted by Gasteiger charge is -2.28. The molecule has 248 valence electrons. The first-order valence-electron chi connectivity index (χ1n) is 16.6. The number of aliphatic hydroxyl groups excluding tert-OH is 2. The normalized spacial score (nSPS) is 24.5. The fraction of sp³-hybridized carbons (Fsp3) is 0.474. The van der Waals surface area contributed by atoms with Gasteiger partial charge in [-0.05, 0) is 94.9 Å². The molecular weight excluding hydrogens is 592 g/mol. The molecule has 1 fully saturated rings. The summed E-state index contributed by atoms with van der Waals surface area (Å²) < 4.78 is 11.4. The summed E-state index contributed by atoms with van der Waals surface area (Å²) in [5.74, 6) is 0.0390. The van der Waals surface area contributed by atoms with E-state index in [9.17, 15) is 15.0 Å². The lowest BCUT2D eigenvalue weighted by molar-refractivity contribution is -0.140. The van der Waals surface area contributed by atoms with Crippen molar-refractivity contribution in [1.29, 1.82) is 0 Å². The highest BCUT2D eigenvalue weighted by Gasteiger charge is 2.41. The minimum Gasteiger partial charge on any atom is -0.511 e. The largest absolute Gasteiger partial charge is 0.511 e.